The van der Waals surface area contributed by atoms with Gasteiger partial charge in [-0.15, -0.1) is 0 Å². The molecule has 2 heteroatoms. The molecule has 0 aromatic rings. The monoisotopic (exact) mass is 186 g/mol. The molecule has 0 aliphatic carbocycles. The maximum absolute atomic E-state index is 11.1. The zero-order valence-corrected chi connectivity index (χ0v) is 9.26. The van der Waals surface area contributed by atoms with Crippen LogP contribution in [0.1, 0.15) is 53.4 Å². The van der Waals surface area contributed by atoms with Crippen molar-refractivity contribution in [1.29, 1.82) is 0 Å². The van der Waals surface area contributed by atoms with Crippen LogP contribution in [0, 0.1) is 11.3 Å². The maximum atomic E-state index is 11.1. The van der Waals surface area contributed by atoms with Crippen LogP contribution in [0.4, 0.5) is 0 Å². The number of carboxylic acids is 1. The second kappa shape index (κ2) is 5.25. The molecule has 0 spiro atoms. The lowest BCUT2D eigenvalue weighted by atomic mass is 9.68. The van der Waals surface area contributed by atoms with Gasteiger partial charge in [0.25, 0.3) is 0 Å². The summed E-state index contributed by atoms with van der Waals surface area (Å²) in [6, 6.07) is 0. The van der Waals surface area contributed by atoms with E-state index in [1.54, 1.807) is 0 Å². The van der Waals surface area contributed by atoms with Crippen molar-refractivity contribution in [3.63, 3.8) is 0 Å². The summed E-state index contributed by atoms with van der Waals surface area (Å²) < 4.78 is 0. The summed E-state index contributed by atoms with van der Waals surface area (Å²) in [5.74, 6) is -0.805. The molecule has 0 fully saturated rings. The van der Waals surface area contributed by atoms with Crippen molar-refractivity contribution in [2.45, 2.75) is 53.4 Å². The average Bonchev–Trinajstić information content (AvgIpc) is 2.13. The highest BCUT2D eigenvalue weighted by molar-refractivity contribution is 5.71. The summed E-state index contributed by atoms with van der Waals surface area (Å²) >= 11 is 0. The van der Waals surface area contributed by atoms with Gasteiger partial charge in [0.05, 0.1) is 5.92 Å². The minimum Gasteiger partial charge on any atom is -0.481 e. The predicted molar refractivity (Wildman–Crippen MR) is 54.7 cm³/mol. The van der Waals surface area contributed by atoms with Gasteiger partial charge < -0.3 is 5.11 Å². The van der Waals surface area contributed by atoms with Crippen LogP contribution in [0.2, 0.25) is 0 Å². The second-order valence-corrected chi connectivity index (χ2v) is 3.72. The second-order valence-electron chi connectivity index (χ2n) is 3.72. The fourth-order valence-corrected chi connectivity index (χ4v) is 2.36. The number of hydrogen-bond acceptors (Lipinski definition) is 1. The lowest BCUT2D eigenvalue weighted by molar-refractivity contribution is -0.147. The standard InChI is InChI=1S/C11H22O2/c1-5-9(10(12)13)11(6-2,7-3)8-4/h9H,5-8H2,1-4H3,(H,12,13). The molecule has 2 nitrogen and oxygen atoms in total. The molecule has 0 aliphatic rings. The molecule has 1 N–H and O–H groups in total. The molecule has 0 saturated heterocycles. The third kappa shape index (κ3) is 2.45. The van der Waals surface area contributed by atoms with Crippen molar-refractivity contribution < 1.29 is 9.90 Å². The number of carbonyl (C=O) groups is 1. The summed E-state index contributed by atoms with van der Waals surface area (Å²) in [6.07, 6.45) is 3.63. The first-order chi connectivity index (χ1) is 6.07. The fraction of sp³-hybridized carbons (Fsp3) is 0.909. The molecular formula is C11H22O2. The van der Waals surface area contributed by atoms with E-state index in [0.717, 1.165) is 25.7 Å². The van der Waals surface area contributed by atoms with Crippen LogP contribution in [-0.2, 0) is 4.79 Å². The Morgan fingerprint density at radius 3 is 1.62 bits per heavy atom. The number of aliphatic carboxylic acids is 1. The highest BCUT2D eigenvalue weighted by atomic mass is 16.4. The lowest BCUT2D eigenvalue weighted by Gasteiger charge is -2.36. The first-order valence-electron chi connectivity index (χ1n) is 5.30. The molecule has 0 rings (SSSR count). The average molecular weight is 186 g/mol. The van der Waals surface area contributed by atoms with Gasteiger partial charge in [-0.25, -0.2) is 0 Å². The Morgan fingerprint density at radius 1 is 1.15 bits per heavy atom. The Kier molecular flexibility index (Phi) is 5.04. The molecule has 0 radical (unpaired) electrons. The summed E-state index contributed by atoms with van der Waals surface area (Å²) in [6.45, 7) is 8.25. The molecule has 0 aromatic carbocycles. The smallest absolute Gasteiger partial charge is 0.307 e. The predicted octanol–water partition coefficient (Wildman–Crippen LogP) is 3.31. The van der Waals surface area contributed by atoms with E-state index in [-0.39, 0.29) is 11.3 Å². The van der Waals surface area contributed by atoms with Gasteiger partial charge in [0, 0.05) is 0 Å². The Labute approximate surface area is 81.3 Å². The number of rotatable bonds is 6. The minimum absolute atomic E-state index is 0.0145. The molecular weight excluding hydrogens is 164 g/mol. The van der Waals surface area contributed by atoms with Gasteiger partial charge in [0.15, 0.2) is 0 Å². The molecule has 0 aromatic heterocycles. The SMILES string of the molecule is CCC(C(=O)O)C(CC)(CC)CC. The normalized spacial score (nSPS) is 14.2. The summed E-state index contributed by atoms with van der Waals surface area (Å²) in [5, 5.41) is 9.10. The Hall–Kier alpha value is -0.530. The van der Waals surface area contributed by atoms with Gasteiger partial charge in [0.2, 0.25) is 0 Å². The van der Waals surface area contributed by atoms with Crippen LogP contribution >= 0.6 is 0 Å². The fourth-order valence-electron chi connectivity index (χ4n) is 2.36. The van der Waals surface area contributed by atoms with Crippen LogP contribution in [0.15, 0.2) is 0 Å². The van der Waals surface area contributed by atoms with Crippen molar-refractivity contribution in [3.8, 4) is 0 Å². The summed E-state index contributed by atoms with van der Waals surface area (Å²) in [5.41, 5.74) is 0.0145. The topological polar surface area (TPSA) is 37.3 Å². The number of hydrogen-bond donors (Lipinski definition) is 1. The van der Waals surface area contributed by atoms with Gasteiger partial charge in [-0.3, -0.25) is 4.79 Å². The largest absolute Gasteiger partial charge is 0.481 e. The van der Waals surface area contributed by atoms with E-state index < -0.39 is 5.97 Å². The summed E-state index contributed by atoms with van der Waals surface area (Å²) in [7, 11) is 0. The first kappa shape index (κ1) is 12.5. The Morgan fingerprint density at radius 2 is 1.54 bits per heavy atom. The molecule has 13 heavy (non-hydrogen) atoms. The molecule has 0 saturated carbocycles. The zero-order chi connectivity index (χ0) is 10.5. The van der Waals surface area contributed by atoms with Crippen LogP contribution in [-0.4, -0.2) is 11.1 Å². The van der Waals surface area contributed by atoms with E-state index in [2.05, 4.69) is 20.8 Å². The van der Waals surface area contributed by atoms with E-state index in [4.69, 9.17) is 5.11 Å². The van der Waals surface area contributed by atoms with Gasteiger partial charge in [0.1, 0.15) is 0 Å². The van der Waals surface area contributed by atoms with Gasteiger partial charge in [-0.1, -0.05) is 27.7 Å². The van der Waals surface area contributed by atoms with Crippen LogP contribution in [0.3, 0.4) is 0 Å². The molecule has 0 aliphatic heterocycles. The maximum Gasteiger partial charge on any atom is 0.307 e. The van der Waals surface area contributed by atoms with Crippen molar-refractivity contribution in [2.24, 2.45) is 11.3 Å². The quantitative estimate of drug-likeness (QED) is 0.691. The zero-order valence-electron chi connectivity index (χ0n) is 9.26. The molecule has 0 bridgehead atoms. The van der Waals surface area contributed by atoms with Crippen molar-refractivity contribution in [3.05, 3.63) is 0 Å². The number of carboxylic acid groups (broad SMARTS) is 1. The molecule has 1 atom stereocenters. The van der Waals surface area contributed by atoms with E-state index >= 15 is 0 Å². The molecule has 0 amide bonds. The third-order valence-corrected chi connectivity index (χ3v) is 3.56. The Bertz CT molecular complexity index is 151. The van der Waals surface area contributed by atoms with Crippen LogP contribution in [0.5, 0.6) is 0 Å². The first-order valence-corrected chi connectivity index (χ1v) is 5.30. The van der Waals surface area contributed by atoms with Gasteiger partial charge >= 0.3 is 5.97 Å². The van der Waals surface area contributed by atoms with E-state index in [1.807, 2.05) is 6.92 Å². The van der Waals surface area contributed by atoms with Crippen molar-refractivity contribution in [1.82, 2.24) is 0 Å². The molecule has 78 valence electrons. The highest BCUT2D eigenvalue weighted by Gasteiger charge is 2.37. The highest BCUT2D eigenvalue weighted by Crippen LogP contribution is 2.40. The Balaban J connectivity index is 4.76. The molecule has 0 heterocycles. The van der Waals surface area contributed by atoms with E-state index in [0.29, 0.717) is 0 Å². The van der Waals surface area contributed by atoms with Crippen molar-refractivity contribution in [2.75, 3.05) is 0 Å². The van der Waals surface area contributed by atoms with Gasteiger partial charge in [-0.2, -0.15) is 0 Å². The van der Waals surface area contributed by atoms with Crippen molar-refractivity contribution >= 4 is 5.97 Å². The van der Waals surface area contributed by atoms with E-state index in [1.165, 1.54) is 0 Å². The van der Waals surface area contributed by atoms with Crippen LogP contribution < -0.4 is 0 Å². The van der Waals surface area contributed by atoms with Gasteiger partial charge in [-0.05, 0) is 31.1 Å². The lowest BCUT2D eigenvalue weighted by Crippen LogP contribution is -2.34. The summed E-state index contributed by atoms with van der Waals surface area (Å²) in [4.78, 5) is 11.1. The van der Waals surface area contributed by atoms with E-state index in [9.17, 15) is 4.79 Å². The van der Waals surface area contributed by atoms with Crippen LogP contribution in [0.25, 0.3) is 0 Å². The molecule has 1 unspecified atom stereocenters. The third-order valence-electron chi connectivity index (χ3n) is 3.56. The minimum atomic E-state index is -0.631.